The fraction of sp³-hybridized carbons (Fsp3) is 0.375. The molecule has 2 aromatic carbocycles. The quantitative estimate of drug-likeness (QED) is 0.351. The van der Waals surface area contributed by atoms with Crippen molar-refractivity contribution in [3.8, 4) is 22.6 Å². The van der Waals surface area contributed by atoms with Crippen LogP contribution in [-0.2, 0) is 4.79 Å². The number of methoxy groups -OCH3 is 1. The highest BCUT2D eigenvalue weighted by Gasteiger charge is 2.07. The SMILES string of the molecule is CCCCCCCCOc1ccc(-c2ccc(/C=C/C(=O)O)cc2)cc1OC. The zero-order valence-corrected chi connectivity index (χ0v) is 16.8. The molecule has 0 saturated carbocycles. The van der Waals surface area contributed by atoms with Gasteiger partial charge in [-0.05, 0) is 41.3 Å². The third-order valence-electron chi connectivity index (χ3n) is 4.58. The van der Waals surface area contributed by atoms with E-state index in [-0.39, 0.29) is 0 Å². The molecule has 4 heteroatoms. The number of aliphatic carboxylic acids is 1. The van der Waals surface area contributed by atoms with E-state index in [0.717, 1.165) is 40.7 Å². The summed E-state index contributed by atoms with van der Waals surface area (Å²) in [5, 5.41) is 8.70. The summed E-state index contributed by atoms with van der Waals surface area (Å²) in [5.74, 6) is 0.532. The zero-order valence-electron chi connectivity index (χ0n) is 16.8. The van der Waals surface area contributed by atoms with Gasteiger partial charge in [0.25, 0.3) is 0 Å². The average Bonchev–Trinajstić information content (AvgIpc) is 2.72. The van der Waals surface area contributed by atoms with Crippen molar-refractivity contribution in [2.45, 2.75) is 45.4 Å². The van der Waals surface area contributed by atoms with Gasteiger partial charge in [-0.2, -0.15) is 0 Å². The predicted molar refractivity (Wildman–Crippen MR) is 114 cm³/mol. The van der Waals surface area contributed by atoms with E-state index in [1.807, 2.05) is 42.5 Å². The van der Waals surface area contributed by atoms with Gasteiger partial charge >= 0.3 is 5.97 Å². The molecule has 0 spiro atoms. The van der Waals surface area contributed by atoms with Crippen LogP contribution in [0.5, 0.6) is 11.5 Å². The highest BCUT2D eigenvalue weighted by atomic mass is 16.5. The van der Waals surface area contributed by atoms with Gasteiger partial charge in [0.05, 0.1) is 13.7 Å². The molecule has 0 saturated heterocycles. The number of carboxylic acids is 1. The first-order chi connectivity index (χ1) is 13.6. The van der Waals surface area contributed by atoms with Crippen molar-refractivity contribution in [3.05, 3.63) is 54.1 Å². The number of carbonyl (C=O) groups is 1. The molecule has 0 aromatic heterocycles. The highest BCUT2D eigenvalue weighted by Crippen LogP contribution is 2.33. The van der Waals surface area contributed by atoms with Gasteiger partial charge in [0.1, 0.15) is 0 Å². The zero-order chi connectivity index (χ0) is 20.2. The number of hydrogen-bond acceptors (Lipinski definition) is 3. The van der Waals surface area contributed by atoms with Gasteiger partial charge in [0.15, 0.2) is 11.5 Å². The monoisotopic (exact) mass is 382 g/mol. The molecule has 0 aliphatic rings. The fourth-order valence-corrected chi connectivity index (χ4v) is 2.99. The summed E-state index contributed by atoms with van der Waals surface area (Å²) in [6, 6.07) is 13.7. The van der Waals surface area contributed by atoms with E-state index in [4.69, 9.17) is 14.6 Å². The van der Waals surface area contributed by atoms with Crippen LogP contribution in [0.3, 0.4) is 0 Å². The Balaban J connectivity index is 1.95. The Morgan fingerprint density at radius 3 is 2.29 bits per heavy atom. The molecule has 0 aliphatic heterocycles. The smallest absolute Gasteiger partial charge is 0.328 e. The molecule has 2 rings (SSSR count). The van der Waals surface area contributed by atoms with Gasteiger partial charge in [0, 0.05) is 6.08 Å². The summed E-state index contributed by atoms with van der Waals surface area (Å²) in [4.78, 5) is 10.6. The van der Waals surface area contributed by atoms with Crippen LogP contribution in [0.1, 0.15) is 51.0 Å². The first-order valence-electron chi connectivity index (χ1n) is 9.96. The largest absolute Gasteiger partial charge is 0.493 e. The highest BCUT2D eigenvalue weighted by molar-refractivity contribution is 5.85. The van der Waals surface area contributed by atoms with Crippen LogP contribution >= 0.6 is 0 Å². The third-order valence-corrected chi connectivity index (χ3v) is 4.58. The van der Waals surface area contributed by atoms with Gasteiger partial charge in [-0.3, -0.25) is 0 Å². The van der Waals surface area contributed by atoms with Crippen molar-refractivity contribution in [2.24, 2.45) is 0 Å². The minimum atomic E-state index is -0.953. The number of rotatable bonds is 12. The third kappa shape index (κ3) is 7.10. The molecule has 150 valence electrons. The predicted octanol–water partition coefficient (Wildman–Crippen LogP) is 6.20. The summed E-state index contributed by atoms with van der Waals surface area (Å²) < 4.78 is 11.4. The molecule has 0 heterocycles. The van der Waals surface area contributed by atoms with E-state index in [1.54, 1.807) is 13.2 Å². The van der Waals surface area contributed by atoms with Crippen LogP contribution in [0.15, 0.2) is 48.5 Å². The lowest BCUT2D eigenvalue weighted by Gasteiger charge is -2.12. The van der Waals surface area contributed by atoms with E-state index < -0.39 is 5.97 Å². The van der Waals surface area contributed by atoms with Crippen LogP contribution in [0.4, 0.5) is 0 Å². The van der Waals surface area contributed by atoms with Crippen molar-refractivity contribution in [1.29, 1.82) is 0 Å². The maximum Gasteiger partial charge on any atom is 0.328 e. The lowest BCUT2D eigenvalue weighted by molar-refractivity contribution is -0.131. The summed E-state index contributed by atoms with van der Waals surface area (Å²) in [5.41, 5.74) is 2.91. The molecule has 0 atom stereocenters. The fourth-order valence-electron chi connectivity index (χ4n) is 2.99. The number of hydrogen-bond donors (Lipinski definition) is 1. The molecule has 0 radical (unpaired) electrons. The van der Waals surface area contributed by atoms with E-state index in [0.29, 0.717) is 6.61 Å². The summed E-state index contributed by atoms with van der Waals surface area (Å²) >= 11 is 0. The van der Waals surface area contributed by atoms with Crippen molar-refractivity contribution in [3.63, 3.8) is 0 Å². The number of carboxylic acid groups (broad SMARTS) is 1. The number of benzene rings is 2. The van der Waals surface area contributed by atoms with Crippen molar-refractivity contribution in [2.75, 3.05) is 13.7 Å². The Labute approximate surface area is 167 Å². The van der Waals surface area contributed by atoms with Crippen molar-refractivity contribution < 1.29 is 19.4 Å². The maximum atomic E-state index is 10.6. The van der Waals surface area contributed by atoms with Crippen molar-refractivity contribution in [1.82, 2.24) is 0 Å². The Morgan fingerprint density at radius 1 is 0.929 bits per heavy atom. The lowest BCUT2D eigenvalue weighted by atomic mass is 10.0. The molecular weight excluding hydrogens is 352 g/mol. The van der Waals surface area contributed by atoms with E-state index >= 15 is 0 Å². The Morgan fingerprint density at radius 2 is 1.61 bits per heavy atom. The Kier molecular flexibility index (Phi) is 9.13. The Hall–Kier alpha value is -2.75. The summed E-state index contributed by atoms with van der Waals surface area (Å²) in [6.07, 6.45) is 10.1. The van der Waals surface area contributed by atoms with E-state index in [2.05, 4.69) is 6.92 Å². The molecule has 28 heavy (non-hydrogen) atoms. The number of unbranched alkanes of at least 4 members (excludes halogenated alkanes) is 5. The van der Waals surface area contributed by atoms with Crippen LogP contribution in [0, 0.1) is 0 Å². The lowest BCUT2D eigenvalue weighted by Crippen LogP contribution is -1.99. The molecule has 4 nitrogen and oxygen atoms in total. The molecule has 0 bridgehead atoms. The van der Waals surface area contributed by atoms with E-state index in [1.165, 1.54) is 32.1 Å². The van der Waals surface area contributed by atoms with Crippen LogP contribution in [0.2, 0.25) is 0 Å². The molecule has 2 aromatic rings. The molecule has 0 amide bonds. The summed E-state index contributed by atoms with van der Waals surface area (Å²) in [6.45, 7) is 2.93. The minimum absolute atomic E-state index is 0.701. The minimum Gasteiger partial charge on any atom is -0.493 e. The molecule has 1 N–H and O–H groups in total. The second-order valence-electron chi connectivity index (χ2n) is 6.78. The molecule has 0 aliphatic carbocycles. The van der Waals surface area contributed by atoms with Gasteiger partial charge in [0.2, 0.25) is 0 Å². The van der Waals surface area contributed by atoms with Crippen LogP contribution in [0.25, 0.3) is 17.2 Å². The molecular formula is C24H30O4. The molecule has 0 fully saturated rings. The van der Waals surface area contributed by atoms with Gasteiger partial charge in [-0.15, -0.1) is 0 Å². The van der Waals surface area contributed by atoms with Gasteiger partial charge in [-0.25, -0.2) is 4.79 Å². The first-order valence-corrected chi connectivity index (χ1v) is 9.96. The number of ether oxygens (including phenoxy) is 2. The first kappa shape index (κ1) is 21.5. The van der Waals surface area contributed by atoms with E-state index in [9.17, 15) is 4.79 Å². The summed E-state index contributed by atoms with van der Waals surface area (Å²) in [7, 11) is 1.65. The Bertz CT molecular complexity index is 763. The second-order valence-corrected chi connectivity index (χ2v) is 6.78. The van der Waals surface area contributed by atoms with Gasteiger partial charge in [-0.1, -0.05) is 69.4 Å². The van der Waals surface area contributed by atoms with Crippen molar-refractivity contribution >= 4 is 12.0 Å². The van der Waals surface area contributed by atoms with Crippen LogP contribution < -0.4 is 9.47 Å². The normalized spacial score (nSPS) is 10.9. The van der Waals surface area contributed by atoms with Gasteiger partial charge < -0.3 is 14.6 Å². The second kappa shape index (κ2) is 11.9. The topological polar surface area (TPSA) is 55.8 Å². The average molecular weight is 383 g/mol. The standard InChI is InChI=1S/C24H30O4/c1-3-4-5-6-7-8-17-28-22-15-14-21(18-23(22)27-2)20-12-9-19(10-13-20)11-16-24(25)26/h9-16,18H,3-8,17H2,1-2H3,(H,25,26)/b16-11+. The maximum absolute atomic E-state index is 10.6. The van der Waals surface area contributed by atoms with Crippen LogP contribution in [-0.4, -0.2) is 24.8 Å². The molecule has 0 unspecified atom stereocenters.